The van der Waals surface area contributed by atoms with Crippen LogP contribution >= 0.6 is 22.6 Å². The van der Waals surface area contributed by atoms with Gasteiger partial charge in [-0.2, -0.15) is 4.39 Å². The minimum Gasteiger partial charge on any atom is -0.313 e. The first-order chi connectivity index (χ1) is 5.74. The molecular weight excluding hydrogens is 270 g/mol. The highest BCUT2D eigenvalue weighted by Gasteiger charge is 2.00. The van der Waals surface area contributed by atoms with Crippen LogP contribution in [0.3, 0.4) is 0 Å². The van der Waals surface area contributed by atoms with Gasteiger partial charge < -0.3 is 5.32 Å². The summed E-state index contributed by atoms with van der Waals surface area (Å²) < 4.78 is 13.5. The molecule has 1 rings (SSSR count). The summed E-state index contributed by atoms with van der Waals surface area (Å²) in [5.41, 5.74) is 1.04. The number of hydrogen-bond donors (Lipinski definition) is 1. The molecule has 2 nitrogen and oxygen atoms in total. The molecule has 0 unspecified atom stereocenters. The largest absolute Gasteiger partial charge is 0.313 e. The Morgan fingerprint density at radius 1 is 1.67 bits per heavy atom. The zero-order valence-electron chi connectivity index (χ0n) is 6.77. The second-order valence-electron chi connectivity index (χ2n) is 2.38. The smallest absolute Gasteiger partial charge is 0.213 e. The normalized spacial score (nSPS) is 10.2. The molecule has 12 heavy (non-hydrogen) atoms. The molecule has 0 saturated heterocycles. The van der Waals surface area contributed by atoms with E-state index in [2.05, 4.69) is 32.9 Å². The second kappa shape index (κ2) is 4.71. The number of rotatable bonds is 3. The molecule has 0 saturated carbocycles. The first-order valence-electron chi connectivity index (χ1n) is 3.74. The molecule has 1 aromatic heterocycles. The van der Waals surface area contributed by atoms with E-state index in [9.17, 15) is 4.39 Å². The summed E-state index contributed by atoms with van der Waals surface area (Å²) >= 11 is 2.11. The zero-order valence-corrected chi connectivity index (χ0v) is 8.93. The maximum atomic E-state index is 12.5. The summed E-state index contributed by atoms with van der Waals surface area (Å²) in [5.74, 6) is -0.417. The third-order valence-electron chi connectivity index (χ3n) is 1.46. The SMILES string of the molecule is CCNCc1cnc(F)cc1I. The van der Waals surface area contributed by atoms with Crippen molar-refractivity contribution in [1.29, 1.82) is 0 Å². The van der Waals surface area contributed by atoms with E-state index in [1.54, 1.807) is 6.20 Å². The quantitative estimate of drug-likeness (QED) is 0.676. The summed E-state index contributed by atoms with van der Waals surface area (Å²) in [6.07, 6.45) is 1.57. The number of nitrogens with zero attached hydrogens (tertiary/aromatic N) is 1. The van der Waals surface area contributed by atoms with Crippen molar-refractivity contribution in [3.8, 4) is 0 Å². The average Bonchev–Trinajstić information content (AvgIpc) is 2.03. The van der Waals surface area contributed by atoms with Gasteiger partial charge >= 0.3 is 0 Å². The van der Waals surface area contributed by atoms with E-state index in [1.807, 2.05) is 6.92 Å². The molecule has 0 radical (unpaired) electrons. The topological polar surface area (TPSA) is 24.9 Å². The van der Waals surface area contributed by atoms with Gasteiger partial charge in [-0.05, 0) is 34.7 Å². The summed E-state index contributed by atoms with van der Waals surface area (Å²) in [4.78, 5) is 3.58. The highest BCUT2D eigenvalue weighted by atomic mass is 127. The van der Waals surface area contributed by atoms with E-state index in [-0.39, 0.29) is 0 Å². The highest BCUT2D eigenvalue weighted by Crippen LogP contribution is 2.11. The van der Waals surface area contributed by atoms with Gasteiger partial charge in [0.1, 0.15) is 0 Å². The maximum Gasteiger partial charge on any atom is 0.213 e. The standard InChI is InChI=1S/C8H10FIN2/c1-2-11-4-6-5-12-8(9)3-7(6)10/h3,5,11H,2,4H2,1H3. The lowest BCUT2D eigenvalue weighted by Crippen LogP contribution is -2.13. The van der Waals surface area contributed by atoms with Crippen LogP contribution in [0.5, 0.6) is 0 Å². The van der Waals surface area contributed by atoms with E-state index < -0.39 is 5.95 Å². The maximum absolute atomic E-state index is 12.5. The van der Waals surface area contributed by atoms with Crippen molar-refractivity contribution in [2.24, 2.45) is 0 Å². The van der Waals surface area contributed by atoms with E-state index >= 15 is 0 Å². The fourth-order valence-electron chi connectivity index (χ4n) is 0.826. The van der Waals surface area contributed by atoms with Crippen LogP contribution in [0.15, 0.2) is 12.3 Å². The molecule has 0 atom stereocenters. The van der Waals surface area contributed by atoms with Crippen LogP contribution in [0, 0.1) is 9.52 Å². The number of hydrogen-bond acceptors (Lipinski definition) is 2. The fourth-order valence-corrected chi connectivity index (χ4v) is 1.41. The Bertz CT molecular complexity index is 265. The molecule has 0 aliphatic carbocycles. The van der Waals surface area contributed by atoms with Gasteiger partial charge in [-0.3, -0.25) is 0 Å². The van der Waals surface area contributed by atoms with Crippen LogP contribution < -0.4 is 5.32 Å². The minimum atomic E-state index is -0.417. The molecule has 66 valence electrons. The summed E-state index contributed by atoms with van der Waals surface area (Å²) in [6.45, 7) is 3.69. The lowest BCUT2D eigenvalue weighted by atomic mass is 10.3. The molecule has 1 N–H and O–H groups in total. The van der Waals surface area contributed by atoms with Crippen LogP contribution in [-0.4, -0.2) is 11.5 Å². The molecule has 0 amide bonds. The third-order valence-corrected chi connectivity index (χ3v) is 2.47. The Labute approximate surface area is 84.7 Å². The monoisotopic (exact) mass is 280 g/mol. The van der Waals surface area contributed by atoms with Gasteiger partial charge in [0, 0.05) is 22.4 Å². The van der Waals surface area contributed by atoms with Crippen LogP contribution in [0.25, 0.3) is 0 Å². The molecular formula is C8H10FIN2. The molecule has 0 bridgehead atoms. The van der Waals surface area contributed by atoms with Crippen LogP contribution in [-0.2, 0) is 6.54 Å². The highest BCUT2D eigenvalue weighted by molar-refractivity contribution is 14.1. The predicted molar refractivity (Wildman–Crippen MR) is 54.3 cm³/mol. The minimum absolute atomic E-state index is 0.417. The average molecular weight is 280 g/mol. The molecule has 0 fully saturated rings. The van der Waals surface area contributed by atoms with Gasteiger partial charge in [0.25, 0.3) is 0 Å². The van der Waals surface area contributed by atoms with Gasteiger partial charge in [-0.25, -0.2) is 4.98 Å². The summed E-state index contributed by atoms with van der Waals surface area (Å²) in [7, 11) is 0. The van der Waals surface area contributed by atoms with Gasteiger partial charge in [-0.1, -0.05) is 6.92 Å². The molecule has 1 heterocycles. The molecule has 4 heteroatoms. The van der Waals surface area contributed by atoms with Crippen molar-refractivity contribution in [3.63, 3.8) is 0 Å². The number of nitrogens with one attached hydrogen (secondary N) is 1. The molecule has 0 aliphatic rings. The van der Waals surface area contributed by atoms with Crippen molar-refractivity contribution in [2.45, 2.75) is 13.5 Å². The lowest BCUT2D eigenvalue weighted by molar-refractivity contribution is 0.579. The van der Waals surface area contributed by atoms with Crippen molar-refractivity contribution in [3.05, 3.63) is 27.3 Å². The lowest BCUT2D eigenvalue weighted by Gasteiger charge is -2.03. The Morgan fingerprint density at radius 2 is 2.42 bits per heavy atom. The number of aromatic nitrogens is 1. The Kier molecular flexibility index (Phi) is 3.87. The van der Waals surface area contributed by atoms with Crippen LogP contribution in [0.4, 0.5) is 4.39 Å². The first-order valence-corrected chi connectivity index (χ1v) is 4.82. The number of pyridine rings is 1. The molecule has 0 aromatic carbocycles. The van der Waals surface area contributed by atoms with Crippen LogP contribution in [0.1, 0.15) is 12.5 Å². The van der Waals surface area contributed by atoms with Gasteiger partial charge in [-0.15, -0.1) is 0 Å². The van der Waals surface area contributed by atoms with Crippen molar-refractivity contribution >= 4 is 22.6 Å². The van der Waals surface area contributed by atoms with Crippen molar-refractivity contribution in [1.82, 2.24) is 10.3 Å². The van der Waals surface area contributed by atoms with Crippen LogP contribution in [0.2, 0.25) is 0 Å². The molecule has 0 spiro atoms. The Morgan fingerprint density at radius 3 is 3.00 bits per heavy atom. The predicted octanol–water partition coefficient (Wildman–Crippen LogP) is 1.93. The van der Waals surface area contributed by atoms with E-state index in [4.69, 9.17) is 0 Å². The van der Waals surface area contributed by atoms with Gasteiger partial charge in [0.15, 0.2) is 0 Å². The van der Waals surface area contributed by atoms with E-state index in [0.29, 0.717) is 0 Å². The summed E-state index contributed by atoms with van der Waals surface area (Å²) in [5, 5.41) is 3.16. The fraction of sp³-hybridized carbons (Fsp3) is 0.375. The van der Waals surface area contributed by atoms with Gasteiger partial charge in [0.05, 0.1) is 0 Å². The molecule has 0 aliphatic heterocycles. The first kappa shape index (κ1) is 9.85. The third kappa shape index (κ3) is 2.67. The second-order valence-corrected chi connectivity index (χ2v) is 3.54. The Balaban J connectivity index is 2.72. The van der Waals surface area contributed by atoms with E-state index in [1.165, 1.54) is 6.07 Å². The van der Waals surface area contributed by atoms with Crippen molar-refractivity contribution in [2.75, 3.05) is 6.54 Å². The van der Waals surface area contributed by atoms with E-state index in [0.717, 1.165) is 22.2 Å². The van der Waals surface area contributed by atoms with Gasteiger partial charge in [0.2, 0.25) is 5.95 Å². The summed E-state index contributed by atoms with van der Waals surface area (Å²) in [6, 6.07) is 1.44. The Hall–Kier alpha value is -0.230. The van der Waals surface area contributed by atoms with Crippen molar-refractivity contribution < 1.29 is 4.39 Å². The number of halogens is 2. The zero-order chi connectivity index (χ0) is 8.97. The molecule has 1 aromatic rings.